The molecule has 3 rings (SSSR count). The van der Waals surface area contributed by atoms with E-state index in [0.29, 0.717) is 16.9 Å². The maximum Gasteiger partial charge on any atom is 0.259 e. The van der Waals surface area contributed by atoms with Crippen LogP contribution >= 0.6 is 0 Å². The molecule has 6 nitrogen and oxygen atoms in total. The van der Waals surface area contributed by atoms with Gasteiger partial charge in [-0.05, 0) is 49.6 Å². The van der Waals surface area contributed by atoms with Crippen LogP contribution in [0.3, 0.4) is 0 Å². The van der Waals surface area contributed by atoms with E-state index in [2.05, 4.69) is 20.5 Å². The molecule has 6 heteroatoms. The van der Waals surface area contributed by atoms with Crippen LogP contribution in [0.5, 0.6) is 0 Å². The number of carbonyl (C=O) groups is 2. The zero-order valence-corrected chi connectivity index (χ0v) is 14.5. The molecule has 2 amide bonds. The van der Waals surface area contributed by atoms with Gasteiger partial charge in [0, 0.05) is 37.6 Å². The Kier molecular flexibility index (Phi) is 4.97. The normalized spacial score (nSPS) is 13.6. The van der Waals surface area contributed by atoms with Gasteiger partial charge in [0.1, 0.15) is 5.82 Å². The number of benzene rings is 1. The number of hydrogen-bond acceptors (Lipinski definition) is 4. The van der Waals surface area contributed by atoms with E-state index >= 15 is 0 Å². The molecular formula is C19H22N4O2. The summed E-state index contributed by atoms with van der Waals surface area (Å²) in [6, 6.07) is 9.01. The molecule has 2 heterocycles. The first-order chi connectivity index (χ1) is 12.1. The van der Waals surface area contributed by atoms with E-state index < -0.39 is 0 Å². The van der Waals surface area contributed by atoms with Gasteiger partial charge >= 0.3 is 0 Å². The zero-order valence-electron chi connectivity index (χ0n) is 14.5. The highest BCUT2D eigenvalue weighted by Crippen LogP contribution is 2.26. The Bertz CT molecular complexity index is 798. The lowest BCUT2D eigenvalue weighted by Gasteiger charge is -2.20. The van der Waals surface area contributed by atoms with Gasteiger partial charge in [0.25, 0.3) is 5.91 Å². The third-order valence-corrected chi connectivity index (χ3v) is 4.33. The minimum absolute atomic E-state index is 0.143. The lowest BCUT2D eigenvalue weighted by molar-refractivity contribution is -0.114. The first kappa shape index (κ1) is 17.0. The highest BCUT2D eigenvalue weighted by atomic mass is 16.2. The van der Waals surface area contributed by atoms with Crippen molar-refractivity contribution in [1.82, 2.24) is 4.98 Å². The Morgan fingerprint density at radius 3 is 2.40 bits per heavy atom. The van der Waals surface area contributed by atoms with E-state index in [-0.39, 0.29) is 11.8 Å². The summed E-state index contributed by atoms with van der Waals surface area (Å²) in [6.45, 7) is 5.18. The zero-order chi connectivity index (χ0) is 17.8. The van der Waals surface area contributed by atoms with Crippen LogP contribution in [-0.2, 0) is 4.79 Å². The number of hydrogen-bond donors (Lipinski definition) is 2. The summed E-state index contributed by atoms with van der Waals surface area (Å²) in [5.74, 6) is 0.390. The fourth-order valence-electron chi connectivity index (χ4n) is 3.04. The maximum absolute atomic E-state index is 12.8. The van der Waals surface area contributed by atoms with Crippen molar-refractivity contribution in [2.24, 2.45) is 0 Å². The molecule has 0 atom stereocenters. The Morgan fingerprint density at radius 2 is 1.72 bits per heavy atom. The molecule has 1 aliphatic heterocycles. The summed E-state index contributed by atoms with van der Waals surface area (Å²) in [5, 5.41) is 5.72. The summed E-state index contributed by atoms with van der Waals surface area (Å²) in [4.78, 5) is 30.7. The van der Waals surface area contributed by atoms with E-state index in [4.69, 9.17) is 0 Å². The molecule has 0 unspecified atom stereocenters. The second-order valence-corrected chi connectivity index (χ2v) is 6.18. The number of carbonyl (C=O) groups excluding carboxylic acids is 2. The minimum atomic E-state index is -0.196. The summed E-state index contributed by atoms with van der Waals surface area (Å²) in [6.07, 6.45) is 3.96. The molecule has 0 radical (unpaired) electrons. The van der Waals surface area contributed by atoms with Crippen molar-refractivity contribution in [1.29, 1.82) is 0 Å². The van der Waals surface area contributed by atoms with Gasteiger partial charge < -0.3 is 15.5 Å². The monoisotopic (exact) mass is 338 g/mol. The second-order valence-electron chi connectivity index (χ2n) is 6.18. The van der Waals surface area contributed by atoms with E-state index in [1.807, 2.05) is 19.1 Å². The SMILES string of the molecule is CC(=O)Nc1cccc(NC(=O)c2cccnc2N2CCCC2)c1C. The lowest BCUT2D eigenvalue weighted by atomic mass is 10.1. The summed E-state index contributed by atoms with van der Waals surface area (Å²) in [5.41, 5.74) is 2.75. The second kappa shape index (κ2) is 7.34. The summed E-state index contributed by atoms with van der Waals surface area (Å²) in [7, 11) is 0. The van der Waals surface area contributed by atoms with Crippen LogP contribution in [-0.4, -0.2) is 29.9 Å². The lowest BCUT2D eigenvalue weighted by Crippen LogP contribution is -2.24. The molecule has 130 valence electrons. The van der Waals surface area contributed by atoms with Gasteiger partial charge in [-0.1, -0.05) is 6.07 Å². The highest BCUT2D eigenvalue weighted by molar-refractivity contribution is 6.08. The van der Waals surface area contributed by atoms with Gasteiger partial charge in [0.2, 0.25) is 5.91 Å². The number of pyridine rings is 1. The molecule has 0 saturated carbocycles. The summed E-state index contributed by atoms with van der Waals surface area (Å²) < 4.78 is 0. The highest BCUT2D eigenvalue weighted by Gasteiger charge is 2.21. The van der Waals surface area contributed by atoms with Gasteiger partial charge in [-0.2, -0.15) is 0 Å². The van der Waals surface area contributed by atoms with Gasteiger partial charge in [0.05, 0.1) is 5.56 Å². The fourth-order valence-corrected chi connectivity index (χ4v) is 3.04. The summed E-state index contributed by atoms with van der Waals surface area (Å²) >= 11 is 0. The van der Waals surface area contributed by atoms with Crippen LogP contribution < -0.4 is 15.5 Å². The molecule has 25 heavy (non-hydrogen) atoms. The largest absolute Gasteiger partial charge is 0.356 e. The van der Waals surface area contributed by atoms with Crippen molar-refractivity contribution in [3.63, 3.8) is 0 Å². The molecule has 0 bridgehead atoms. The molecule has 1 fully saturated rings. The van der Waals surface area contributed by atoms with E-state index in [9.17, 15) is 9.59 Å². The van der Waals surface area contributed by atoms with E-state index in [1.165, 1.54) is 6.92 Å². The Balaban J connectivity index is 1.85. The predicted molar refractivity (Wildman–Crippen MR) is 99.1 cm³/mol. The van der Waals surface area contributed by atoms with Crippen LogP contribution in [0, 0.1) is 6.92 Å². The van der Waals surface area contributed by atoms with Gasteiger partial charge in [-0.15, -0.1) is 0 Å². The van der Waals surface area contributed by atoms with E-state index in [1.54, 1.807) is 24.4 Å². The first-order valence-electron chi connectivity index (χ1n) is 8.45. The molecule has 1 saturated heterocycles. The van der Waals surface area contributed by atoms with Crippen molar-refractivity contribution >= 4 is 29.0 Å². The average Bonchev–Trinajstić information content (AvgIpc) is 3.12. The minimum Gasteiger partial charge on any atom is -0.356 e. The molecule has 1 aromatic heterocycles. The first-order valence-corrected chi connectivity index (χ1v) is 8.45. The van der Waals surface area contributed by atoms with Gasteiger partial charge in [-0.25, -0.2) is 4.98 Å². The number of amides is 2. The number of nitrogens with zero attached hydrogens (tertiary/aromatic N) is 2. The van der Waals surface area contributed by atoms with Crippen molar-refractivity contribution in [3.8, 4) is 0 Å². The Morgan fingerprint density at radius 1 is 1.04 bits per heavy atom. The van der Waals surface area contributed by atoms with Crippen LogP contribution in [0.25, 0.3) is 0 Å². The number of anilines is 3. The van der Waals surface area contributed by atoms with Crippen molar-refractivity contribution in [2.75, 3.05) is 28.6 Å². The van der Waals surface area contributed by atoms with Crippen LogP contribution in [0.4, 0.5) is 17.2 Å². The van der Waals surface area contributed by atoms with Crippen molar-refractivity contribution in [3.05, 3.63) is 47.7 Å². The Labute approximate surface area is 147 Å². The van der Waals surface area contributed by atoms with Crippen LogP contribution in [0.1, 0.15) is 35.7 Å². The number of aromatic nitrogens is 1. The molecule has 0 spiro atoms. The average molecular weight is 338 g/mol. The number of nitrogens with one attached hydrogen (secondary N) is 2. The van der Waals surface area contributed by atoms with Crippen LogP contribution in [0.2, 0.25) is 0 Å². The third-order valence-electron chi connectivity index (χ3n) is 4.33. The third kappa shape index (κ3) is 3.79. The maximum atomic E-state index is 12.8. The van der Waals surface area contributed by atoms with Crippen molar-refractivity contribution in [2.45, 2.75) is 26.7 Å². The molecule has 2 aromatic rings. The van der Waals surface area contributed by atoms with Crippen molar-refractivity contribution < 1.29 is 9.59 Å². The van der Waals surface area contributed by atoms with Gasteiger partial charge in [0.15, 0.2) is 0 Å². The molecule has 0 aliphatic carbocycles. The molecular weight excluding hydrogens is 316 g/mol. The Hall–Kier alpha value is -2.89. The predicted octanol–water partition coefficient (Wildman–Crippen LogP) is 3.20. The quantitative estimate of drug-likeness (QED) is 0.898. The topological polar surface area (TPSA) is 74.3 Å². The smallest absolute Gasteiger partial charge is 0.259 e. The molecule has 1 aromatic carbocycles. The standard InChI is InChI=1S/C19H22N4O2/c1-13-16(21-14(2)24)8-5-9-17(13)22-19(25)15-7-6-10-20-18(15)23-11-3-4-12-23/h5-10H,3-4,11-12H2,1-2H3,(H,21,24)(H,22,25). The van der Waals surface area contributed by atoms with Crippen LogP contribution in [0.15, 0.2) is 36.5 Å². The van der Waals surface area contributed by atoms with E-state index in [0.717, 1.165) is 37.3 Å². The fraction of sp³-hybridized carbons (Fsp3) is 0.316. The molecule has 1 aliphatic rings. The number of rotatable bonds is 4. The molecule has 2 N–H and O–H groups in total. The van der Waals surface area contributed by atoms with Gasteiger partial charge in [-0.3, -0.25) is 9.59 Å².